The van der Waals surface area contributed by atoms with Crippen molar-refractivity contribution in [3.8, 4) is 17.0 Å². The lowest BCUT2D eigenvalue weighted by Crippen LogP contribution is -2.47. The Morgan fingerprint density at radius 3 is 2.72 bits per heavy atom. The summed E-state index contributed by atoms with van der Waals surface area (Å²) in [5.41, 5.74) is 3.67. The van der Waals surface area contributed by atoms with Gasteiger partial charge in [-0.25, -0.2) is 4.98 Å². The van der Waals surface area contributed by atoms with Gasteiger partial charge in [-0.05, 0) is 30.3 Å². The lowest BCUT2D eigenvalue weighted by molar-refractivity contribution is -0.181. The van der Waals surface area contributed by atoms with Crippen molar-refractivity contribution in [2.24, 2.45) is 0 Å². The molecule has 4 heterocycles. The molecular weight excluding hydrogens is 426 g/mol. The molecule has 0 atom stereocenters. The van der Waals surface area contributed by atoms with Crippen LogP contribution in [0.4, 0.5) is 0 Å². The number of benzene rings is 2. The largest absolute Gasteiger partial charge is 0.497 e. The fourth-order valence-corrected chi connectivity index (χ4v) is 5.62. The normalized spacial score (nSPS) is 18.1. The zero-order chi connectivity index (χ0) is 21.7. The monoisotopic (exact) mass is 449 g/mol. The number of aromatic nitrogens is 2. The summed E-state index contributed by atoms with van der Waals surface area (Å²) in [5.74, 6) is 0.393. The Morgan fingerprint density at radius 2 is 1.94 bits per heavy atom. The molecule has 0 aliphatic carbocycles. The highest BCUT2D eigenvalue weighted by Crippen LogP contribution is 2.33. The maximum Gasteiger partial charge on any atom is 0.253 e. The third-order valence-corrected chi connectivity index (χ3v) is 7.35. The highest BCUT2D eigenvalue weighted by atomic mass is 32.1. The van der Waals surface area contributed by atoms with Crippen molar-refractivity contribution in [1.82, 2.24) is 14.3 Å². The number of imidazole rings is 1. The van der Waals surface area contributed by atoms with E-state index in [1.807, 2.05) is 53.6 Å². The molecule has 0 unspecified atom stereocenters. The predicted molar refractivity (Wildman–Crippen MR) is 122 cm³/mol. The summed E-state index contributed by atoms with van der Waals surface area (Å²) in [4.78, 5) is 20.7. The van der Waals surface area contributed by atoms with Crippen LogP contribution in [0.15, 0.2) is 48.7 Å². The van der Waals surface area contributed by atoms with Crippen LogP contribution < -0.4 is 4.74 Å². The maximum absolute atomic E-state index is 13.1. The van der Waals surface area contributed by atoms with Gasteiger partial charge in [0.2, 0.25) is 0 Å². The number of thiazole rings is 1. The molecule has 2 aliphatic rings. The Labute approximate surface area is 189 Å². The maximum atomic E-state index is 13.1. The van der Waals surface area contributed by atoms with Crippen molar-refractivity contribution in [2.45, 2.75) is 18.6 Å². The first-order valence-corrected chi connectivity index (χ1v) is 11.6. The van der Waals surface area contributed by atoms with Gasteiger partial charge in [-0.1, -0.05) is 23.5 Å². The number of hydrogen-bond acceptors (Lipinski definition) is 6. The van der Waals surface area contributed by atoms with Crippen LogP contribution in [0.1, 0.15) is 23.2 Å². The minimum atomic E-state index is -0.472. The Hall–Kier alpha value is -2.94. The minimum absolute atomic E-state index is 0.0582. The number of methoxy groups -OCH3 is 1. The van der Waals surface area contributed by atoms with Gasteiger partial charge in [-0.15, -0.1) is 0 Å². The van der Waals surface area contributed by atoms with Gasteiger partial charge in [0.15, 0.2) is 10.7 Å². The molecule has 6 rings (SSSR count). The van der Waals surface area contributed by atoms with E-state index in [0.717, 1.165) is 45.0 Å². The average molecular weight is 450 g/mol. The molecule has 2 aromatic heterocycles. The fraction of sp³-hybridized carbons (Fsp3) is 0.333. The van der Waals surface area contributed by atoms with Crippen molar-refractivity contribution in [1.29, 1.82) is 0 Å². The molecule has 2 aliphatic heterocycles. The zero-order valence-corrected chi connectivity index (χ0v) is 18.6. The zero-order valence-electron chi connectivity index (χ0n) is 17.7. The molecule has 32 heavy (non-hydrogen) atoms. The van der Waals surface area contributed by atoms with Gasteiger partial charge in [0.25, 0.3) is 5.91 Å². The summed E-state index contributed by atoms with van der Waals surface area (Å²) in [6, 6.07) is 13.8. The first-order chi connectivity index (χ1) is 15.6. The van der Waals surface area contributed by atoms with Crippen molar-refractivity contribution < 1.29 is 19.0 Å². The standard InChI is InChI=1S/C24H23N3O4S/c1-29-18-4-2-3-16(13-18)19-15-27-20-6-5-17(14-21(20)32-23(27)25-19)22(28)26-9-7-24(8-10-26)30-11-12-31-24/h2-6,13-15H,7-12H2,1H3. The van der Waals surface area contributed by atoms with E-state index in [0.29, 0.717) is 31.9 Å². The summed E-state index contributed by atoms with van der Waals surface area (Å²) in [6.07, 6.45) is 3.48. The highest BCUT2D eigenvalue weighted by Gasteiger charge is 2.40. The van der Waals surface area contributed by atoms with Crippen LogP contribution in [-0.4, -0.2) is 59.4 Å². The SMILES string of the molecule is COc1cccc(-c2cn3c(n2)sc2cc(C(=O)N4CCC5(CC4)OCCO5)ccc23)c1. The summed E-state index contributed by atoms with van der Waals surface area (Å²) in [7, 11) is 1.66. The third kappa shape index (κ3) is 3.26. The van der Waals surface area contributed by atoms with Gasteiger partial charge in [-0.3, -0.25) is 9.20 Å². The molecule has 2 saturated heterocycles. The number of likely N-dealkylation sites (tertiary alicyclic amines) is 1. The van der Waals surface area contributed by atoms with Crippen LogP contribution in [0.25, 0.3) is 26.4 Å². The van der Waals surface area contributed by atoms with Crippen molar-refractivity contribution >= 4 is 32.4 Å². The number of amides is 1. The highest BCUT2D eigenvalue weighted by molar-refractivity contribution is 7.23. The number of carbonyl (C=O) groups is 1. The summed E-state index contributed by atoms with van der Waals surface area (Å²) in [6.45, 7) is 2.58. The molecule has 0 bridgehead atoms. The van der Waals surface area contributed by atoms with Gasteiger partial charge in [0, 0.05) is 43.3 Å². The lowest BCUT2D eigenvalue weighted by atomic mass is 10.0. The molecule has 7 nitrogen and oxygen atoms in total. The summed E-state index contributed by atoms with van der Waals surface area (Å²) < 4.78 is 20.0. The van der Waals surface area contributed by atoms with Gasteiger partial charge in [-0.2, -0.15) is 0 Å². The van der Waals surface area contributed by atoms with Crippen LogP contribution in [0.3, 0.4) is 0 Å². The quantitative estimate of drug-likeness (QED) is 0.469. The van der Waals surface area contributed by atoms with Crippen molar-refractivity contribution in [3.05, 3.63) is 54.2 Å². The van der Waals surface area contributed by atoms with Gasteiger partial charge in [0.1, 0.15) is 5.75 Å². The number of fused-ring (bicyclic) bond motifs is 3. The van der Waals surface area contributed by atoms with Crippen molar-refractivity contribution in [2.75, 3.05) is 33.4 Å². The van der Waals surface area contributed by atoms with Crippen LogP contribution in [0.2, 0.25) is 0 Å². The second-order valence-corrected chi connectivity index (χ2v) is 9.20. The smallest absolute Gasteiger partial charge is 0.253 e. The lowest BCUT2D eigenvalue weighted by Gasteiger charge is -2.37. The number of piperidine rings is 1. The van der Waals surface area contributed by atoms with E-state index in [-0.39, 0.29) is 5.91 Å². The van der Waals surface area contributed by atoms with Gasteiger partial charge in [0.05, 0.1) is 36.2 Å². The minimum Gasteiger partial charge on any atom is -0.497 e. The van der Waals surface area contributed by atoms with Crippen LogP contribution in [-0.2, 0) is 9.47 Å². The van der Waals surface area contributed by atoms with Gasteiger partial charge < -0.3 is 19.1 Å². The first kappa shape index (κ1) is 19.7. The molecule has 164 valence electrons. The number of rotatable bonds is 3. The predicted octanol–water partition coefficient (Wildman–Crippen LogP) is 4.20. The molecule has 4 aromatic rings. The summed E-state index contributed by atoms with van der Waals surface area (Å²) >= 11 is 1.59. The number of hydrogen-bond donors (Lipinski definition) is 0. The Balaban J connectivity index is 1.26. The molecule has 1 spiro atoms. The average Bonchev–Trinajstić information content (AvgIpc) is 3.54. The van der Waals surface area contributed by atoms with Crippen molar-refractivity contribution in [3.63, 3.8) is 0 Å². The van der Waals surface area contributed by atoms with Crippen LogP contribution >= 0.6 is 11.3 Å². The molecule has 2 aromatic carbocycles. The topological polar surface area (TPSA) is 65.3 Å². The Morgan fingerprint density at radius 1 is 1.12 bits per heavy atom. The molecule has 1 amide bonds. The molecular formula is C24H23N3O4S. The van der Waals surface area contributed by atoms with E-state index >= 15 is 0 Å². The fourth-order valence-electron chi connectivity index (χ4n) is 4.57. The first-order valence-electron chi connectivity index (χ1n) is 10.8. The van der Waals surface area contributed by atoms with E-state index in [4.69, 9.17) is 19.2 Å². The van der Waals surface area contributed by atoms with E-state index in [1.165, 1.54) is 0 Å². The van der Waals surface area contributed by atoms with Crippen LogP contribution in [0, 0.1) is 0 Å². The van der Waals surface area contributed by atoms with Gasteiger partial charge >= 0.3 is 0 Å². The number of nitrogens with zero attached hydrogens (tertiary/aromatic N) is 3. The van der Waals surface area contributed by atoms with E-state index in [1.54, 1.807) is 18.4 Å². The second-order valence-electron chi connectivity index (χ2n) is 8.20. The molecule has 0 radical (unpaired) electrons. The third-order valence-electron chi connectivity index (χ3n) is 6.33. The van der Waals surface area contributed by atoms with Crippen LogP contribution in [0.5, 0.6) is 5.75 Å². The van der Waals surface area contributed by atoms with E-state index in [2.05, 4.69) is 4.40 Å². The molecule has 0 N–H and O–H groups in total. The van der Waals surface area contributed by atoms with E-state index in [9.17, 15) is 4.79 Å². The second kappa shape index (κ2) is 7.58. The molecule has 0 saturated carbocycles. The summed E-state index contributed by atoms with van der Waals surface area (Å²) in [5, 5.41) is 0. The molecule has 2 fully saturated rings. The Kier molecular flexibility index (Phi) is 4.67. The molecule has 8 heteroatoms. The Bertz CT molecular complexity index is 1310. The number of carbonyl (C=O) groups excluding carboxylic acids is 1. The number of ether oxygens (including phenoxy) is 3. The van der Waals surface area contributed by atoms with E-state index < -0.39 is 5.79 Å².